The molecule has 2 aliphatic rings. The molecule has 0 aromatic carbocycles. The maximum atomic E-state index is 12.8. The molecule has 1 aliphatic carbocycles. The second-order valence-corrected chi connectivity index (χ2v) is 9.14. The Kier molecular flexibility index (Phi) is 6.80. The van der Waals surface area contributed by atoms with Crippen molar-refractivity contribution in [3.05, 3.63) is 0 Å². The van der Waals surface area contributed by atoms with Crippen LogP contribution in [-0.4, -0.2) is 55.9 Å². The summed E-state index contributed by atoms with van der Waals surface area (Å²) in [6, 6.07) is 0.206. The Bertz CT molecular complexity index is 414. The molecule has 3 atom stereocenters. The standard InChI is InChI=1S/C14H29N3O2S2/c1-3-20-14-9-6-8-13(14)16-21(18,19)17-10-5-4-7-12(17)11-15-2/h12-16H,3-11H2,1-2H3. The Morgan fingerprint density at radius 2 is 2.00 bits per heavy atom. The SMILES string of the molecule is CCSC1CCCC1NS(=O)(=O)N1CCCCC1CNC. The van der Waals surface area contributed by atoms with Gasteiger partial charge in [0.25, 0.3) is 10.2 Å². The van der Waals surface area contributed by atoms with Gasteiger partial charge in [-0.15, -0.1) is 0 Å². The lowest BCUT2D eigenvalue weighted by Gasteiger charge is -2.35. The van der Waals surface area contributed by atoms with Crippen LogP contribution in [0.5, 0.6) is 0 Å². The van der Waals surface area contributed by atoms with E-state index in [1.54, 1.807) is 4.31 Å². The van der Waals surface area contributed by atoms with Crippen molar-refractivity contribution in [2.45, 2.75) is 62.8 Å². The predicted octanol–water partition coefficient (Wildman–Crippen LogP) is 1.57. The molecule has 1 heterocycles. The zero-order valence-corrected chi connectivity index (χ0v) is 14.8. The zero-order chi connectivity index (χ0) is 15.3. The van der Waals surface area contributed by atoms with Crippen LogP contribution in [0.25, 0.3) is 0 Å². The highest BCUT2D eigenvalue weighted by Gasteiger charge is 2.36. The first-order chi connectivity index (χ1) is 10.1. The number of piperidine rings is 1. The Morgan fingerprint density at radius 3 is 2.71 bits per heavy atom. The van der Waals surface area contributed by atoms with E-state index < -0.39 is 10.2 Å². The van der Waals surface area contributed by atoms with E-state index in [-0.39, 0.29) is 12.1 Å². The first-order valence-electron chi connectivity index (χ1n) is 8.13. The van der Waals surface area contributed by atoms with E-state index in [0.29, 0.717) is 11.8 Å². The number of nitrogens with zero attached hydrogens (tertiary/aromatic N) is 1. The Hall–Kier alpha value is 0.180. The number of rotatable bonds is 7. The Morgan fingerprint density at radius 1 is 1.19 bits per heavy atom. The monoisotopic (exact) mass is 335 g/mol. The highest BCUT2D eigenvalue weighted by molar-refractivity contribution is 8.00. The van der Waals surface area contributed by atoms with Gasteiger partial charge in [0.15, 0.2) is 0 Å². The van der Waals surface area contributed by atoms with E-state index in [9.17, 15) is 8.42 Å². The molecule has 0 aromatic rings. The molecule has 0 aromatic heterocycles. The van der Waals surface area contributed by atoms with Gasteiger partial charge >= 0.3 is 0 Å². The molecule has 5 nitrogen and oxygen atoms in total. The van der Waals surface area contributed by atoms with Gasteiger partial charge in [-0.05, 0) is 38.5 Å². The summed E-state index contributed by atoms with van der Waals surface area (Å²) >= 11 is 1.89. The molecule has 124 valence electrons. The quantitative estimate of drug-likeness (QED) is 0.741. The molecular weight excluding hydrogens is 306 g/mol. The van der Waals surface area contributed by atoms with E-state index in [0.717, 1.165) is 50.8 Å². The van der Waals surface area contributed by atoms with Gasteiger partial charge in [-0.3, -0.25) is 0 Å². The topological polar surface area (TPSA) is 61.4 Å². The number of likely N-dealkylation sites (N-methyl/N-ethyl adjacent to an activating group) is 1. The van der Waals surface area contributed by atoms with E-state index in [2.05, 4.69) is 17.0 Å². The Balaban J connectivity index is 2.02. The summed E-state index contributed by atoms with van der Waals surface area (Å²) in [7, 11) is -1.47. The van der Waals surface area contributed by atoms with Gasteiger partial charge in [-0.1, -0.05) is 19.8 Å². The molecule has 0 amide bonds. The molecule has 0 bridgehead atoms. The Labute approximate surface area is 133 Å². The van der Waals surface area contributed by atoms with E-state index in [4.69, 9.17) is 0 Å². The van der Waals surface area contributed by atoms with Gasteiger partial charge in [-0.25, -0.2) is 0 Å². The normalized spacial score (nSPS) is 31.6. The van der Waals surface area contributed by atoms with Crippen molar-refractivity contribution in [1.29, 1.82) is 0 Å². The summed E-state index contributed by atoms with van der Waals surface area (Å²) in [5.41, 5.74) is 0. The average molecular weight is 336 g/mol. The largest absolute Gasteiger partial charge is 0.318 e. The van der Waals surface area contributed by atoms with Crippen LogP contribution >= 0.6 is 11.8 Å². The average Bonchev–Trinajstić information content (AvgIpc) is 2.87. The van der Waals surface area contributed by atoms with E-state index in [1.807, 2.05) is 18.8 Å². The molecule has 1 aliphatic heterocycles. The lowest BCUT2D eigenvalue weighted by atomic mass is 10.1. The van der Waals surface area contributed by atoms with E-state index >= 15 is 0 Å². The van der Waals surface area contributed by atoms with Crippen LogP contribution in [0.3, 0.4) is 0 Å². The van der Waals surface area contributed by atoms with Gasteiger partial charge in [0.1, 0.15) is 0 Å². The summed E-state index contributed by atoms with van der Waals surface area (Å²) in [6.07, 6.45) is 6.28. The number of hydrogen-bond acceptors (Lipinski definition) is 4. The molecule has 2 rings (SSSR count). The third kappa shape index (κ3) is 4.58. The zero-order valence-electron chi connectivity index (χ0n) is 13.2. The lowest BCUT2D eigenvalue weighted by Crippen LogP contribution is -2.54. The minimum Gasteiger partial charge on any atom is -0.318 e. The summed E-state index contributed by atoms with van der Waals surface area (Å²) in [6.45, 7) is 3.53. The first-order valence-corrected chi connectivity index (χ1v) is 10.6. The number of thioether (sulfide) groups is 1. The van der Waals surface area contributed by atoms with E-state index in [1.165, 1.54) is 0 Å². The van der Waals surface area contributed by atoms with Crippen LogP contribution < -0.4 is 10.0 Å². The fourth-order valence-corrected chi connectivity index (χ4v) is 6.49. The molecule has 0 spiro atoms. The minimum absolute atomic E-state index is 0.0972. The van der Waals surface area contributed by atoms with Crippen LogP contribution in [0.2, 0.25) is 0 Å². The fraction of sp³-hybridized carbons (Fsp3) is 1.00. The highest BCUT2D eigenvalue weighted by atomic mass is 32.2. The van der Waals surface area contributed by atoms with Crippen molar-refractivity contribution in [2.75, 3.05) is 25.9 Å². The fourth-order valence-electron chi connectivity index (χ4n) is 3.46. The number of hydrogen-bond donors (Lipinski definition) is 2. The van der Waals surface area contributed by atoms with Gasteiger partial charge in [0, 0.05) is 30.4 Å². The van der Waals surface area contributed by atoms with Crippen LogP contribution in [0.1, 0.15) is 45.4 Å². The molecule has 1 saturated carbocycles. The van der Waals surface area contributed by atoms with Crippen LogP contribution in [0, 0.1) is 0 Å². The molecule has 2 N–H and O–H groups in total. The van der Waals surface area contributed by atoms with Crippen molar-refractivity contribution in [2.24, 2.45) is 0 Å². The maximum absolute atomic E-state index is 12.8. The van der Waals surface area contributed by atoms with Gasteiger partial charge in [0.2, 0.25) is 0 Å². The van der Waals surface area contributed by atoms with Crippen molar-refractivity contribution >= 4 is 22.0 Å². The second kappa shape index (κ2) is 8.15. The third-order valence-electron chi connectivity index (χ3n) is 4.46. The minimum atomic E-state index is -3.36. The molecule has 1 saturated heterocycles. The molecule has 7 heteroatoms. The summed E-state index contributed by atoms with van der Waals surface area (Å²) in [5.74, 6) is 1.05. The molecular formula is C14H29N3O2S2. The van der Waals surface area contributed by atoms with Crippen LogP contribution in [0.4, 0.5) is 0 Å². The predicted molar refractivity (Wildman–Crippen MR) is 89.9 cm³/mol. The van der Waals surface area contributed by atoms with Gasteiger partial charge in [-0.2, -0.15) is 29.2 Å². The van der Waals surface area contributed by atoms with Gasteiger partial charge in [0.05, 0.1) is 0 Å². The summed E-state index contributed by atoms with van der Waals surface area (Å²) < 4.78 is 30.2. The third-order valence-corrected chi connectivity index (χ3v) is 7.48. The van der Waals surface area contributed by atoms with Crippen molar-refractivity contribution < 1.29 is 8.42 Å². The van der Waals surface area contributed by atoms with Crippen molar-refractivity contribution in [3.8, 4) is 0 Å². The highest BCUT2D eigenvalue weighted by Crippen LogP contribution is 2.31. The summed E-state index contributed by atoms with van der Waals surface area (Å²) in [5, 5.41) is 3.57. The molecule has 0 radical (unpaired) electrons. The maximum Gasteiger partial charge on any atom is 0.280 e. The van der Waals surface area contributed by atoms with Gasteiger partial charge < -0.3 is 5.32 Å². The van der Waals surface area contributed by atoms with Crippen molar-refractivity contribution in [1.82, 2.24) is 14.3 Å². The second-order valence-electron chi connectivity index (χ2n) is 5.97. The van der Waals surface area contributed by atoms with Crippen molar-refractivity contribution in [3.63, 3.8) is 0 Å². The molecule has 3 unspecified atom stereocenters. The van der Waals surface area contributed by atoms with Crippen LogP contribution in [0.15, 0.2) is 0 Å². The lowest BCUT2D eigenvalue weighted by molar-refractivity contribution is 0.245. The number of nitrogens with one attached hydrogen (secondary N) is 2. The molecule has 2 fully saturated rings. The first kappa shape index (κ1) is 17.5. The van der Waals surface area contributed by atoms with Crippen LogP contribution in [-0.2, 0) is 10.2 Å². The summed E-state index contributed by atoms with van der Waals surface area (Å²) in [4.78, 5) is 0. The molecule has 21 heavy (non-hydrogen) atoms. The smallest absolute Gasteiger partial charge is 0.280 e.